The normalized spacial score (nSPS) is 12.1. The maximum atomic E-state index is 6.43. The SMILES string of the molecule is c1ccc2c(c1)ccc1c3ccccc3c(-n3c4ccccc4c4cc(-c5cccc6c5oc5ccccc56)ccc43)cc21. The fourth-order valence-corrected chi connectivity index (χ4v) is 7.40. The van der Waals surface area contributed by atoms with Crippen molar-refractivity contribution in [3.8, 4) is 16.8 Å². The molecule has 0 unspecified atom stereocenters. The Hall–Kier alpha value is -5.86. The molecule has 0 atom stereocenters. The molecular formula is C42H25NO. The van der Waals surface area contributed by atoms with Gasteiger partial charge in [-0.2, -0.15) is 0 Å². The molecule has 2 aromatic heterocycles. The molecular weight excluding hydrogens is 534 g/mol. The highest BCUT2D eigenvalue weighted by atomic mass is 16.3. The minimum Gasteiger partial charge on any atom is -0.455 e. The van der Waals surface area contributed by atoms with Gasteiger partial charge < -0.3 is 8.98 Å². The van der Waals surface area contributed by atoms with E-state index in [1.807, 2.05) is 12.1 Å². The van der Waals surface area contributed by atoms with Crippen LogP contribution in [0.1, 0.15) is 0 Å². The Bertz CT molecular complexity index is 2780. The Kier molecular flexibility index (Phi) is 4.75. The highest BCUT2D eigenvalue weighted by Gasteiger charge is 2.18. The average Bonchev–Trinajstić information content (AvgIpc) is 3.63. The van der Waals surface area contributed by atoms with Gasteiger partial charge in [0.1, 0.15) is 11.2 Å². The molecule has 0 radical (unpaired) electrons. The molecule has 2 heteroatoms. The third-order valence-electron chi connectivity index (χ3n) is 9.37. The number of nitrogens with zero attached hydrogens (tertiary/aromatic N) is 1. The van der Waals surface area contributed by atoms with E-state index in [0.717, 1.165) is 33.1 Å². The number of fused-ring (bicyclic) bond motifs is 11. The van der Waals surface area contributed by atoms with Gasteiger partial charge >= 0.3 is 0 Å². The zero-order valence-corrected chi connectivity index (χ0v) is 23.8. The van der Waals surface area contributed by atoms with Crippen molar-refractivity contribution in [2.24, 2.45) is 0 Å². The number of hydrogen-bond donors (Lipinski definition) is 0. The first kappa shape index (κ1) is 23.7. The van der Waals surface area contributed by atoms with Crippen molar-refractivity contribution in [3.05, 3.63) is 152 Å². The fraction of sp³-hybridized carbons (Fsp3) is 0. The summed E-state index contributed by atoms with van der Waals surface area (Å²) in [6.45, 7) is 0. The second-order valence-corrected chi connectivity index (χ2v) is 11.7. The van der Waals surface area contributed by atoms with Crippen LogP contribution in [-0.4, -0.2) is 4.57 Å². The molecule has 0 bridgehead atoms. The van der Waals surface area contributed by atoms with E-state index in [4.69, 9.17) is 4.42 Å². The number of para-hydroxylation sites is 3. The summed E-state index contributed by atoms with van der Waals surface area (Å²) in [4.78, 5) is 0. The Labute approximate surface area is 253 Å². The van der Waals surface area contributed by atoms with E-state index >= 15 is 0 Å². The first-order chi connectivity index (χ1) is 21.8. The van der Waals surface area contributed by atoms with Crippen molar-refractivity contribution in [1.82, 2.24) is 4.57 Å². The molecule has 0 fully saturated rings. The van der Waals surface area contributed by atoms with Crippen LogP contribution in [0.3, 0.4) is 0 Å². The quantitative estimate of drug-likeness (QED) is 0.193. The van der Waals surface area contributed by atoms with Crippen molar-refractivity contribution in [2.45, 2.75) is 0 Å². The number of rotatable bonds is 2. The van der Waals surface area contributed by atoms with E-state index in [1.54, 1.807) is 0 Å². The van der Waals surface area contributed by atoms with Crippen LogP contribution in [0.5, 0.6) is 0 Å². The van der Waals surface area contributed by atoms with Gasteiger partial charge in [-0.25, -0.2) is 0 Å². The standard InChI is InChI=1S/C42H25NO/c1-2-11-28-26(10-1)20-22-31-30-12-3-4-13-32(30)40(25-36(28)31)43-38-18-7-5-14-33(38)37-24-27(21-23-39(37)43)29-16-9-17-35-34-15-6-8-19-41(34)44-42(29)35/h1-25H. The molecule has 0 spiro atoms. The van der Waals surface area contributed by atoms with Crippen LogP contribution in [0.4, 0.5) is 0 Å². The number of hydrogen-bond acceptors (Lipinski definition) is 1. The van der Waals surface area contributed by atoms with Crippen LogP contribution in [-0.2, 0) is 0 Å². The third-order valence-corrected chi connectivity index (χ3v) is 9.37. The molecule has 0 aliphatic heterocycles. The Balaban J connectivity index is 1.30. The van der Waals surface area contributed by atoms with Crippen LogP contribution in [0, 0.1) is 0 Å². The molecule has 0 amide bonds. The van der Waals surface area contributed by atoms with E-state index < -0.39 is 0 Å². The van der Waals surface area contributed by atoms with Crippen molar-refractivity contribution in [2.75, 3.05) is 0 Å². The third kappa shape index (κ3) is 3.20. The first-order valence-corrected chi connectivity index (χ1v) is 15.1. The molecule has 0 saturated heterocycles. The van der Waals surface area contributed by atoms with Gasteiger partial charge in [-0.15, -0.1) is 0 Å². The van der Waals surface area contributed by atoms with Gasteiger partial charge in [0.05, 0.1) is 16.7 Å². The molecule has 10 aromatic rings. The summed E-state index contributed by atoms with van der Waals surface area (Å²) in [5.41, 5.74) is 7.71. The summed E-state index contributed by atoms with van der Waals surface area (Å²) in [7, 11) is 0. The van der Waals surface area contributed by atoms with E-state index in [1.165, 1.54) is 59.8 Å². The van der Waals surface area contributed by atoms with Crippen LogP contribution in [0.25, 0.3) is 92.9 Å². The molecule has 204 valence electrons. The lowest BCUT2D eigenvalue weighted by Crippen LogP contribution is -1.96. The molecule has 10 rings (SSSR count). The lowest BCUT2D eigenvalue weighted by Gasteiger charge is -2.15. The van der Waals surface area contributed by atoms with E-state index in [2.05, 4.69) is 144 Å². The van der Waals surface area contributed by atoms with Gasteiger partial charge in [0, 0.05) is 32.5 Å². The zero-order chi connectivity index (χ0) is 28.8. The highest BCUT2D eigenvalue weighted by Crippen LogP contribution is 2.42. The molecule has 0 aliphatic carbocycles. The van der Waals surface area contributed by atoms with E-state index in [9.17, 15) is 0 Å². The zero-order valence-electron chi connectivity index (χ0n) is 23.8. The van der Waals surface area contributed by atoms with Crippen LogP contribution in [0.15, 0.2) is 156 Å². The first-order valence-electron chi connectivity index (χ1n) is 15.1. The maximum absolute atomic E-state index is 6.43. The monoisotopic (exact) mass is 559 g/mol. The van der Waals surface area contributed by atoms with Gasteiger partial charge in [0.25, 0.3) is 0 Å². The topological polar surface area (TPSA) is 18.1 Å². The maximum Gasteiger partial charge on any atom is 0.143 e. The summed E-state index contributed by atoms with van der Waals surface area (Å²) in [6.07, 6.45) is 0. The summed E-state index contributed by atoms with van der Waals surface area (Å²) in [5.74, 6) is 0. The smallest absolute Gasteiger partial charge is 0.143 e. The van der Waals surface area contributed by atoms with Crippen molar-refractivity contribution >= 4 is 76.1 Å². The second kappa shape index (κ2) is 8.82. The minimum absolute atomic E-state index is 0.920. The van der Waals surface area contributed by atoms with E-state index in [0.29, 0.717) is 0 Å². The predicted molar refractivity (Wildman–Crippen MR) is 186 cm³/mol. The Morgan fingerprint density at radius 2 is 1.07 bits per heavy atom. The fourth-order valence-electron chi connectivity index (χ4n) is 7.40. The molecule has 0 N–H and O–H groups in total. The van der Waals surface area contributed by atoms with Crippen molar-refractivity contribution < 1.29 is 4.42 Å². The summed E-state index contributed by atoms with van der Waals surface area (Å²) in [6, 6.07) is 54.9. The predicted octanol–water partition coefficient (Wildman–Crippen LogP) is 11.8. The van der Waals surface area contributed by atoms with Gasteiger partial charge in [-0.3, -0.25) is 0 Å². The molecule has 0 saturated carbocycles. The second-order valence-electron chi connectivity index (χ2n) is 11.7. The van der Waals surface area contributed by atoms with Crippen LogP contribution < -0.4 is 0 Å². The average molecular weight is 560 g/mol. The van der Waals surface area contributed by atoms with Gasteiger partial charge in [-0.1, -0.05) is 121 Å². The molecule has 44 heavy (non-hydrogen) atoms. The molecule has 8 aromatic carbocycles. The minimum atomic E-state index is 0.920. The number of aromatic nitrogens is 1. The van der Waals surface area contributed by atoms with Crippen molar-refractivity contribution in [1.29, 1.82) is 0 Å². The van der Waals surface area contributed by atoms with Crippen LogP contribution in [0.2, 0.25) is 0 Å². The lowest BCUT2D eigenvalue weighted by atomic mass is 9.95. The Morgan fingerprint density at radius 1 is 0.386 bits per heavy atom. The summed E-state index contributed by atoms with van der Waals surface area (Å²) >= 11 is 0. The highest BCUT2D eigenvalue weighted by molar-refractivity contribution is 6.21. The van der Waals surface area contributed by atoms with Gasteiger partial charge in [-0.05, 0) is 62.8 Å². The lowest BCUT2D eigenvalue weighted by molar-refractivity contribution is 0.670. The summed E-state index contributed by atoms with van der Waals surface area (Å²) in [5, 5.41) is 12.4. The largest absolute Gasteiger partial charge is 0.455 e. The molecule has 0 aliphatic rings. The molecule has 2 heterocycles. The number of furan rings is 1. The Morgan fingerprint density at radius 3 is 1.98 bits per heavy atom. The van der Waals surface area contributed by atoms with Crippen LogP contribution >= 0.6 is 0 Å². The van der Waals surface area contributed by atoms with Gasteiger partial charge in [0.2, 0.25) is 0 Å². The van der Waals surface area contributed by atoms with Gasteiger partial charge in [0.15, 0.2) is 0 Å². The number of benzene rings is 8. The van der Waals surface area contributed by atoms with Crippen molar-refractivity contribution in [3.63, 3.8) is 0 Å². The molecule has 2 nitrogen and oxygen atoms in total. The van der Waals surface area contributed by atoms with E-state index in [-0.39, 0.29) is 0 Å². The summed E-state index contributed by atoms with van der Waals surface area (Å²) < 4.78 is 8.89.